The lowest BCUT2D eigenvalue weighted by Crippen LogP contribution is -2.40. The van der Waals surface area contributed by atoms with E-state index in [-0.39, 0.29) is 11.4 Å². The molecular weight excluding hydrogens is 358 g/mol. The summed E-state index contributed by atoms with van der Waals surface area (Å²) in [6.07, 6.45) is 0.876. The van der Waals surface area contributed by atoms with E-state index in [1.165, 1.54) is 18.2 Å². The Morgan fingerprint density at radius 1 is 1.47 bits per heavy atom. The van der Waals surface area contributed by atoms with Crippen LogP contribution < -0.4 is 0 Å². The minimum absolute atomic E-state index is 0.0325. The Morgan fingerprint density at radius 3 is 2.74 bits per heavy atom. The number of nitrogens with zero attached hydrogens (tertiary/aromatic N) is 1. The number of carboxylic acids is 1. The average Bonchev–Trinajstić information content (AvgIpc) is 2.77. The molecule has 104 valence electrons. The summed E-state index contributed by atoms with van der Waals surface area (Å²) < 4.78 is 26.3. The summed E-state index contributed by atoms with van der Waals surface area (Å²) in [5, 5.41) is 9.47. The van der Waals surface area contributed by atoms with Crippen LogP contribution in [0.2, 0.25) is 5.02 Å². The first-order valence-electron chi connectivity index (χ1n) is 5.54. The van der Waals surface area contributed by atoms with Crippen LogP contribution in [0.5, 0.6) is 0 Å². The van der Waals surface area contributed by atoms with Crippen LogP contribution in [-0.2, 0) is 14.8 Å². The van der Waals surface area contributed by atoms with Gasteiger partial charge in [0.25, 0.3) is 0 Å². The lowest BCUT2D eigenvalue weighted by molar-refractivity contribution is -0.140. The lowest BCUT2D eigenvalue weighted by Gasteiger charge is -2.21. The number of aliphatic carboxylic acids is 1. The van der Waals surface area contributed by atoms with E-state index in [0.29, 0.717) is 22.3 Å². The molecule has 0 unspecified atom stereocenters. The second-order valence-corrected chi connectivity index (χ2v) is 7.34. The smallest absolute Gasteiger partial charge is 0.322 e. The predicted molar refractivity (Wildman–Crippen MR) is 73.7 cm³/mol. The van der Waals surface area contributed by atoms with Crippen LogP contribution in [0.1, 0.15) is 12.8 Å². The first-order valence-corrected chi connectivity index (χ1v) is 8.15. The van der Waals surface area contributed by atoms with Crippen molar-refractivity contribution in [3.05, 3.63) is 27.7 Å². The van der Waals surface area contributed by atoms with E-state index in [2.05, 4.69) is 15.9 Å². The van der Waals surface area contributed by atoms with Gasteiger partial charge >= 0.3 is 5.97 Å². The van der Waals surface area contributed by atoms with Gasteiger partial charge in [-0.2, -0.15) is 4.31 Å². The van der Waals surface area contributed by atoms with Crippen LogP contribution in [-0.4, -0.2) is 36.4 Å². The number of benzene rings is 1. The molecule has 19 heavy (non-hydrogen) atoms. The number of carboxylic acid groups (broad SMARTS) is 1. The minimum Gasteiger partial charge on any atom is -0.480 e. The SMILES string of the molecule is O=C(O)[C@H]1CCCN1S(=O)(=O)c1ccc(Cl)cc1Br. The van der Waals surface area contributed by atoms with Crippen molar-refractivity contribution in [2.75, 3.05) is 6.54 Å². The van der Waals surface area contributed by atoms with Crippen molar-refractivity contribution in [3.63, 3.8) is 0 Å². The van der Waals surface area contributed by atoms with Gasteiger partial charge in [-0.1, -0.05) is 11.6 Å². The zero-order valence-corrected chi connectivity index (χ0v) is 12.9. The van der Waals surface area contributed by atoms with Gasteiger partial charge in [-0.3, -0.25) is 4.79 Å². The van der Waals surface area contributed by atoms with Gasteiger partial charge in [-0.05, 0) is 47.0 Å². The van der Waals surface area contributed by atoms with E-state index in [4.69, 9.17) is 16.7 Å². The highest BCUT2D eigenvalue weighted by Gasteiger charge is 2.40. The number of hydrogen-bond acceptors (Lipinski definition) is 3. The van der Waals surface area contributed by atoms with E-state index in [0.717, 1.165) is 4.31 Å². The van der Waals surface area contributed by atoms with Gasteiger partial charge in [-0.25, -0.2) is 8.42 Å². The Balaban J connectivity index is 2.45. The molecule has 1 heterocycles. The molecule has 2 rings (SSSR count). The summed E-state index contributed by atoms with van der Waals surface area (Å²) in [6, 6.07) is 3.32. The van der Waals surface area contributed by atoms with Gasteiger partial charge < -0.3 is 5.11 Å². The lowest BCUT2D eigenvalue weighted by atomic mass is 10.2. The molecule has 1 atom stereocenters. The highest BCUT2D eigenvalue weighted by atomic mass is 79.9. The standard InChI is InChI=1S/C11H11BrClNO4S/c12-8-6-7(13)3-4-10(8)19(17,18)14-5-1-2-9(14)11(15)16/h3-4,6,9H,1-2,5H2,(H,15,16)/t9-/m1/s1. The molecule has 5 nitrogen and oxygen atoms in total. The fourth-order valence-corrected chi connectivity index (χ4v) is 5.08. The molecule has 1 saturated heterocycles. The molecule has 1 aromatic rings. The van der Waals surface area contributed by atoms with Gasteiger partial charge in [-0.15, -0.1) is 0 Å². The largest absolute Gasteiger partial charge is 0.480 e. The number of hydrogen-bond donors (Lipinski definition) is 1. The summed E-state index contributed by atoms with van der Waals surface area (Å²) in [6.45, 7) is 0.217. The summed E-state index contributed by atoms with van der Waals surface area (Å²) in [4.78, 5) is 11.1. The molecule has 1 aromatic carbocycles. The fraction of sp³-hybridized carbons (Fsp3) is 0.364. The van der Waals surface area contributed by atoms with E-state index in [1.54, 1.807) is 0 Å². The zero-order valence-electron chi connectivity index (χ0n) is 9.71. The Morgan fingerprint density at radius 2 is 2.16 bits per heavy atom. The molecule has 0 aromatic heterocycles. The summed E-state index contributed by atoms with van der Waals surface area (Å²) >= 11 is 8.92. The molecular formula is C11H11BrClNO4S. The maximum Gasteiger partial charge on any atom is 0.322 e. The highest BCUT2D eigenvalue weighted by Crippen LogP contribution is 2.31. The Bertz CT molecular complexity index is 619. The van der Waals surface area contributed by atoms with Crippen molar-refractivity contribution in [2.45, 2.75) is 23.8 Å². The van der Waals surface area contributed by atoms with Crippen LogP contribution in [0, 0.1) is 0 Å². The van der Waals surface area contributed by atoms with Gasteiger partial charge in [0.15, 0.2) is 0 Å². The van der Waals surface area contributed by atoms with E-state index >= 15 is 0 Å². The van der Waals surface area contributed by atoms with Gasteiger partial charge in [0, 0.05) is 16.0 Å². The topological polar surface area (TPSA) is 74.7 Å². The van der Waals surface area contributed by atoms with Crippen molar-refractivity contribution in [3.8, 4) is 0 Å². The normalized spacial score (nSPS) is 20.6. The van der Waals surface area contributed by atoms with Crippen molar-refractivity contribution in [1.82, 2.24) is 4.31 Å². The maximum absolute atomic E-state index is 12.5. The van der Waals surface area contributed by atoms with Gasteiger partial charge in [0.1, 0.15) is 6.04 Å². The molecule has 1 aliphatic rings. The third-order valence-electron chi connectivity index (χ3n) is 2.97. The molecule has 0 bridgehead atoms. The summed E-state index contributed by atoms with van der Waals surface area (Å²) in [5.74, 6) is -1.12. The van der Waals surface area contributed by atoms with Gasteiger partial charge in [0.05, 0.1) is 4.90 Å². The highest BCUT2D eigenvalue weighted by molar-refractivity contribution is 9.10. The quantitative estimate of drug-likeness (QED) is 0.888. The zero-order chi connectivity index (χ0) is 14.2. The fourth-order valence-electron chi connectivity index (χ4n) is 2.09. The van der Waals surface area contributed by atoms with Crippen LogP contribution >= 0.6 is 27.5 Å². The predicted octanol–water partition coefficient (Wildman–Crippen LogP) is 2.34. The van der Waals surface area contributed by atoms with Crippen LogP contribution in [0.3, 0.4) is 0 Å². The molecule has 1 fully saturated rings. The molecule has 0 radical (unpaired) electrons. The first kappa shape index (κ1) is 14.8. The Labute approximate surface area is 124 Å². The van der Waals surface area contributed by atoms with Crippen LogP contribution in [0.15, 0.2) is 27.6 Å². The van der Waals surface area contributed by atoms with E-state index < -0.39 is 22.0 Å². The molecule has 0 saturated carbocycles. The van der Waals surface area contributed by atoms with E-state index in [9.17, 15) is 13.2 Å². The van der Waals surface area contributed by atoms with Crippen LogP contribution in [0.25, 0.3) is 0 Å². The molecule has 0 amide bonds. The molecule has 1 aliphatic heterocycles. The third kappa shape index (κ3) is 2.79. The number of carbonyl (C=O) groups is 1. The number of halogens is 2. The second-order valence-electron chi connectivity index (χ2n) is 4.19. The number of sulfonamides is 1. The molecule has 0 spiro atoms. The maximum atomic E-state index is 12.5. The second kappa shape index (κ2) is 5.40. The van der Waals surface area contributed by atoms with E-state index in [1.807, 2.05) is 0 Å². The van der Waals surface area contributed by atoms with Gasteiger partial charge in [0.2, 0.25) is 10.0 Å². The Hall–Kier alpha value is -0.630. The average molecular weight is 369 g/mol. The molecule has 8 heteroatoms. The first-order chi connectivity index (χ1) is 8.84. The molecule has 0 aliphatic carbocycles. The molecule has 1 N–H and O–H groups in total. The summed E-state index contributed by atoms with van der Waals surface area (Å²) in [5.41, 5.74) is 0. The van der Waals surface area contributed by atoms with Crippen molar-refractivity contribution < 1.29 is 18.3 Å². The minimum atomic E-state index is -3.83. The van der Waals surface area contributed by atoms with Crippen LogP contribution in [0.4, 0.5) is 0 Å². The summed E-state index contributed by atoms with van der Waals surface area (Å²) in [7, 11) is -3.83. The third-order valence-corrected chi connectivity index (χ3v) is 6.09. The monoisotopic (exact) mass is 367 g/mol. The van der Waals surface area contributed by atoms with Crippen molar-refractivity contribution in [1.29, 1.82) is 0 Å². The number of rotatable bonds is 3. The van der Waals surface area contributed by atoms with Crippen molar-refractivity contribution >= 4 is 43.5 Å². The Kier molecular flexibility index (Phi) is 4.20. The van der Waals surface area contributed by atoms with Crippen molar-refractivity contribution in [2.24, 2.45) is 0 Å².